The number of nitrogens with two attached hydrogens (primary N) is 1. The highest BCUT2D eigenvalue weighted by Crippen LogP contribution is 2.48. The van der Waals surface area contributed by atoms with Crippen LogP contribution in [0.3, 0.4) is 0 Å². The fourth-order valence-electron chi connectivity index (χ4n) is 3.42. The van der Waals surface area contributed by atoms with E-state index in [1.165, 1.54) is 19.3 Å². The van der Waals surface area contributed by atoms with Crippen LogP contribution in [0.25, 0.3) is 0 Å². The zero-order valence-corrected chi connectivity index (χ0v) is 11.0. The maximum Gasteiger partial charge on any atom is 0.407 e. The Morgan fingerprint density at radius 3 is 2.59 bits per heavy atom. The van der Waals surface area contributed by atoms with E-state index in [2.05, 4.69) is 5.32 Å². The Bertz CT molecular complexity index is 298. The number of carbonyl (C=O) groups is 1. The first-order valence-electron chi connectivity index (χ1n) is 6.60. The maximum atomic E-state index is 11.8. The van der Waals surface area contributed by atoms with Crippen LogP contribution in [0.4, 0.5) is 4.79 Å². The summed E-state index contributed by atoms with van der Waals surface area (Å²) < 4.78 is 5.31. The van der Waals surface area contributed by atoms with Crippen molar-refractivity contribution < 1.29 is 9.53 Å². The second kappa shape index (κ2) is 4.48. The second-order valence-corrected chi connectivity index (χ2v) is 6.40. The molecule has 2 aliphatic rings. The van der Waals surface area contributed by atoms with Crippen molar-refractivity contribution in [3.63, 3.8) is 0 Å². The number of alkyl carbamates (subject to hydrolysis) is 1. The smallest absolute Gasteiger partial charge is 0.407 e. The molecule has 0 saturated heterocycles. The van der Waals surface area contributed by atoms with Gasteiger partial charge in [0.2, 0.25) is 0 Å². The maximum absolute atomic E-state index is 11.8. The molecule has 0 aromatic rings. The summed E-state index contributed by atoms with van der Waals surface area (Å²) in [4.78, 5) is 11.8. The van der Waals surface area contributed by atoms with Crippen LogP contribution in [0.2, 0.25) is 0 Å². The van der Waals surface area contributed by atoms with Crippen LogP contribution in [-0.2, 0) is 4.74 Å². The van der Waals surface area contributed by atoms with Gasteiger partial charge in [0.25, 0.3) is 0 Å². The molecule has 0 heterocycles. The molecule has 0 aliphatic heterocycles. The number of ether oxygens (including phenoxy) is 1. The van der Waals surface area contributed by atoms with Gasteiger partial charge in [0.05, 0.1) is 0 Å². The largest absolute Gasteiger partial charge is 0.444 e. The van der Waals surface area contributed by atoms with E-state index >= 15 is 0 Å². The number of fused-ring (bicyclic) bond motifs is 2. The molecule has 4 unspecified atom stereocenters. The van der Waals surface area contributed by atoms with Crippen molar-refractivity contribution in [1.29, 1.82) is 0 Å². The van der Waals surface area contributed by atoms with Gasteiger partial charge < -0.3 is 15.8 Å². The van der Waals surface area contributed by atoms with Gasteiger partial charge in [-0.3, -0.25) is 0 Å². The predicted molar refractivity (Wildman–Crippen MR) is 66.5 cm³/mol. The van der Waals surface area contributed by atoms with Gasteiger partial charge in [-0.2, -0.15) is 0 Å². The lowest BCUT2D eigenvalue weighted by Gasteiger charge is -2.31. The number of nitrogens with one attached hydrogen (secondary N) is 1. The lowest BCUT2D eigenvalue weighted by molar-refractivity contribution is 0.0465. The van der Waals surface area contributed by atoms with E-state index < -0.39 is 5.60 Å². The van der Waals surface area contributed by atoms with E-state index in [-0.39, 0.29) is 12.1 Å². The molecule has 98 valence electrons. The van der Waals surface area contributed by atoms with E-state index in [0.717, 1.165) is 0 Å². The topological polar surface area (TPSA) is 64.3 Å². The molecular weight excluding hydrogens is 216 g/mol. The fraction of sp³-hybridized carbons (Fsp3) is 0.923. The van der Waals surface area contributed by atoms with E-state index in [0.29, 0.717) is 24.3 Å². The summed E-state index contributed by atoms with van der Waals surface area (Å²) in [6, 6.07) is 0.230. The molecule has 3 N–H and O–H groups in total. The van der Waals surface area contributed by atoms with Crippen LogP contribution in [0.5, 0.6) is 0 Å². The third-order valence-corrected chi connectivity index (χ3v) is 4.04. The Morgan fingerprint density at radius 2 is 2.00 bits per heavy atom. The molecule has 4 atom stereocenters. The molecule has 4 nitrogen and oxygen atoms in total. The van der Waals surface area contributed by atoms with Gasteiger partial charge in [0.1, 0.15) is 5.60 Å². The molecule has 17 heavy (non-hydrogen) atoms. The van der Waals surface area contributed by atoms with Crippen LogP contribution in [0.1, 0.15) is 40.0 Å². The number of rotatable bonds is 2. The molecule has 2 rings (SSSR count). The average molecular weight is 240 g/mol. The van der Waals surface area contributed by atoms with Crippen LogP contribution in [0.15, 0.2) is 0 Å². The Kier molecular flexibility index (Phi) is 3.34. The van der Waals surface area contributed by atoms with Gasteiger partial charge in [0.15, 0.2) is 0 Å². The third-order valence-electron chi connectivity index (χ3n) is 4.04. The van der Waals surface area contributed by atoms with Crippen LogP contribution < -0.4 is 11.1 Å². The van der Waals surface area contributed by atoms with Crippen molar-refractivity contribution in [2.24, 2.45) is 23.5 Å². The summed E-state index contributed by atoms with van der Waals surface area (Å²) >= 11 is 0. The summed E-state index contributed by atoms with van der Waals surface area (Å²) in [6.45, 7) is 6.32. The van der Waals surface area contributed by atoms with Crippen LogP contribution in [0, 0.1) is 17.8 Å². The molecule has 0 aromatic carbocycles. The fourth-order valence-corrected chi connectivity index (χ4v) is 3.42. The number of amides is 1. The third kappa shape index (κ3) is 2.73. The van der Waals surface area contributed by atoms with Crippen molar-refractivity contribution in [2.45, 2.75) is 51.7 Å². The molecule has 4 heteroatoms. The van der Waals surface area contributed by atoms with Crippen molar-refractivity contribution in [1.82, 2.24) is 5.32 Å². The zero-order valence-electron chi connectivity index (χ0n) is 11.0. The van der Waals surface area contributed by atoms with Gasteiger partial charge in [-0.25, -0.2) is 4.79 Å². The molecule has 2 saturated carbocycles. The first kappa shape index (κ1) is 12.7. The number of hydrogen-bond donors (Lipinski definition) is 2. The Hall–Kier alpha value is -0.770. The van der Waals surface area contributed by atoms with Crippen molar-refractivity contribution >= 4 is 6.09 Å². The van der Waals surface area contributed by atoms with E-state index in [4.69, 9.17) is 10.5 Å². The van der Waals surface area contributed by atoms with Gasteiger partial charge in [-0.15, -0.1) is 0 Å². The Morgan fingerprint density at radius 1 is 1.35 bits per heavy atom. The van der Waals surface area contributed by atoms with Crippen molar-refractivity contribution in [3.05, 3.63) is 0 Å². The van der Waals surface area contributed by atoms with Crippen molar-refractivity contribution in [2.75, 3.05) is 6.54 Å². The Balaban J connectivity index is 1.92. The van der Waals surface area contributed by atoms with Gasteiger partial charge in [-0.05, 0) is 64.3 Å². The summed E-state index contributed by atoms with van der Waals surface area (Å²) in [5.74, 6) is 1.77. The molecule has 0 aromatic heterocycles. The van der Waals surface area contributed by atoms with Crippen molar-refractivity contribution in [3.8, 4) is 0 Å². The Labute approximate surface area is 103 Å². The summed E-state index contributed by atoms with van der Waals surface area (Å²) in [7, 11) is 0. The van der Waals surface area contributed by atoms with Gasteiger partial charge in [0, 0.05) is 6.04 Å². The van der Waals surface area contributed by atoms with Gasteiger partial charge in [-0.1, -0.05) is 0 Å². The minimum Gasteiger partial charge on any atom is -0.444 e. The molecular formula is C13H24N2O2. The minimum absolute atomic E-state index is 0.230. The predicted octanol–water partition coefficient (Wildman–Crippen LogP) is 1.88. The quantitative estimate of drug-likeness (QED) is 0.774. The standard InChI is InChI=1S/C13H24N2O2/c1-13(2,3)17-12(16)15-11-9-5-4-8(6-9)10(11)7-14/h8-11H,4-7,14H2,1-3H3,(H,15,16). The normalized spacial score (nSPS) is 36.0. The van der Waals surface area contributed by atoms with Crippen LogP contribution >= 0.6 is 0 Å². The summed E-state index contributed by atoms with van der Waals surface area (Å²) in [5, 5.41) is 3.03. The first-order chi connectivity index (χ1) is 7.90. The molecule has 0 radical (unpaired) electrons. The summed E-state index contributed by atoms with van der Waals surface area (Å²) in [5.41, 5.74) is 5.39. The number of carbonyl (C=O) groups excluding carboxylic acids is 1. The monoisotopic (exact) mass is 240 g/mol. The van der Waals surface area contributed by atoms with Crippen LogP contribution in [-0.4, -0.2) is 24.3 Å². The minimum atomic E-state index is -0.431. The molecule has 2 aliphatic carbocycles. The SMILES string of the molecule is CC(C)(C)OC(=O)NC1C2CCC(C2)C1CN. The highest BCUT2D eigenvalue weighted by Gasteiger charge is 2.47. The first-order valence-corrected chi connectivity index (χ1v) is 6.60. The molecule has 0 spiro atoms. The van der Waals surface area contributed by atoms with Gasteiger partial charge >= 0.3 is 6.09 Å². The average Bonchev–Trinajstić information content (AvgIpc) is 2.74. The molecule has 2 fully saturated rings. The highest BCUT2D eigenvalue weighted by atomic mass is 16.6. The zero-order chi connectivity index (χ0) is 12.6. The summed E-state index contributed by atoms with van der Waals surface area (Å²) in [6.07, 6.45) is 3.43. The molecule has 1 amide bonds. The molecule has 2 bridgehead atoms. The lowest BCUT2D eigenvalue weighted by atomic mass is 9.84. The highest BCUT2D eigenvalue weighted by molar-refractivity contribution is 5.68. The lowest BCUT2D eigenvalue weighted by Crippen LogP contribution is -2.47. The van der Waals surface area contributed by atoms with E-state index in [9.17, 15) is 4.79 Å². The second-order valence-electron chi connectivity index (χ2n) is 6.40. The number of hydrogen-bond acceptors (Lipinski definition) is 3. The van der Waals surface area contributed by atoms with E-state index in [1.807, 2.05) is 20.8 Å². The van der Waals surface area contributed by atoms with E-state index in [1.54, 1.807) is 0 Å².